The van der Waals surface area contributed by atoms with Crippen LogP contribution in [0.5, 0.6) is 0 Å². The van der Waals surface area contributed by atoms with Gasteiger partial charge in [0.25, 0.3) is 11.6 Å². The highest BCUT2D eigenvalue weighted by atomic mass is 16.6. The molecule has 10 nitrogen and oxygen atoms in total. The summed E-state index contributed by atoms with van der Waals surface area (Å²) in [6.07, 6.45) is 2.20. The lowest BCUT2D eigenvalue weighted by molar-refractivity contribution is -0.384. The number of nitrogens with one attached hydrogen (secondary N) is 1. The first-order valence-electron chi connectivity index (χ1n) is 9.91. The summed E-state index contributed by atoms with van der Waals surface area (Å²) in [6, 6.07) is 9.37. The van der Waals surface area contributed by atoms with E-state index in [0.717, 1.165) is 0 Å². The Balaban J connectivity index is 1.89. The number of rotatable bonds is 8. The van der Waals surface area contributed by atoms with Gasteiger partial charge >= 0.3 is 5.97 Å². The predicted octanol–water partition coefficient (Wildman–Crippen LogP) is 2.68. The molecule has 3 rings (SSSR count). The Hall–Kier alpha value is -3.79. The van der Waals surface area contributed by atoms with Crippen molar-refractivity contribution in [1.29, 1.82) is 0 Å². The van der Waals surface area contributed by atoms with Gasteiger partial charge in [-0.25, -0.2) is 0 Å². The van der Waals surface area contributed by atoms with Gasteiger partial charge in [0.1, 0.15) is 6.54 Å². The number of nitro groups is 1. The lowest BCUT2D eigenvalue weighted by atomic mass is 10.0. The maximum absolute atomic E-state index is 12.1. The SMILES string of the molecule is COC(=O)CNC(=O)c1ccc(-c2cc3nn(CCC(C)(C)O)cc3cc2[N+](=O)[O-])cc1. The van der Waals surface area contributed by atoms with Crippen LogP contribution in [0.1, 0.15) is 30.6 Å². The molecule has 2 aromatic carbocycles. The highest BCUT2D eigenvalue weighted by molar-refractivity contribution is 5.97. The molecule has 0 saturated heterocycles. The van der Waals surface area contributed by atoms with Crippen molar-refractivity contribution in [1.82, 2.24) is 15.1 Å². The monoisotopic (exact) mass is 440 g/mol. The van der Waals surface area contributed by atoms with Crippen LogP contribution in [-0.4, -0.2) is 50.9 Å². The summed E-state index contributed by atoms with van der Waals surface area (Å²) in [5.41, 5.74) is 0.882. The number of aliphatic hydroxyl groups is 1. The number of aromatic nitrogens is 2. The van der Waals surface area contributed by atoms with Crippen molar-refractivity contribution < 1.29 is 24.4 Å². The summed E-state index contributed by atoms with van der Waals surface area (Å²) >= 11 is 0. The molecule has 1 aromatic heterocycles. The maximum Gasteiger partial charge on any atom is 0.325 e. The molecule has 0 bridgehead atoms. The number of nitrogens with zero attached hydrogens (tertiary/aromatic N) is 3. The first kappa shape index (κ1) is 22.9. The number of benzene rings is 2. The van der Waals surface area contributed by atoms with Gasteiger partial charge in [0.2, 0.25) is 0 Å². The first-order valence-corrected chi connectivity index (χ1v) is 9.91. The van der Waals surface area contributed by atoms with Gasteiger partial charge in [0.05, 0.1) is 28.7 Å². The summed E-state index contributed by atoms with van der Waals surface area (Å²) < 4.78 is 6.14. The van der Waals surface area contributed by atoms with Gasteiger partial charge in [0.15, 0.2) is 0 Å². The third kappa shape index (κ3) is 5.46. The van der Waals surface area contributed by atoms with E-state index in [0.29, 0.717) is 40.6 Å². The van der Waals surface area contributed by atoms with Crippen LogP contribution in [-0.2, 0) is 16.1 Å². The Morgan fingerprint density at radius 2 is 1.94 bits per heavy atom. The third-order valence-electron chi connectivity index (χ3n) is 4.90. The molecule has 2 N–H and O–H groups in total. The molecule has 0 radical (unpaired) electrons. The number of hydrogen-bond acceptors (Lipinski definition) is 7. The lowest BCUT2D eigenvalue weighted by Gasteiger charge is -2.16. The summed E-state index contributed by atoms with van der Waals surface area (Å²) in [5.74, 6) is -1.03. The van der Waals surface area contributed by atoms with Crippen molar-refractivity contribution in [2.24, 2.45) is 0 Å². The molecule has 0 atom stereocenters. The number of nitro benzene ring substituents is 1. The normalized spacial score (nSPS) is 11.4. The van der Waals surface area contributed by atoms with Crippen LogP contribution in [0.4, 0.5) is 5.69 Å². The molecule has 10 heteroatoms. The zero-order valence-corrected chi connectivity index (χ0v) is 18.0. The minimum atomic E-state index is -0.847. The molecule has 1 heterocycles. The number of aryl methyl sites for hydroxylation is 1. The number of carbonyl (C=O) groups excluding carboxylic acids is 2. The van der Waals surface area contributed by atoms with Gasteiger partial charge in [0, 0.05) is 29.8 Å². The van der Waals surface area contributed by atoms with E-state index < -0.39 is 22.4 Å². The van der Waals surface area contributed by atoms with E-state index in [-0.39, 0.29) is 12.2 Å². The van der Waals surface area contributed by atoms with Crippen molar-refractivity contribution in [3.63, 3.8) is 0 Å². The topological polar surface area (TPSA) is 137 Å². The van der Waals surface area contributed by atoms with Crippen molar-refractivity contribution >= 4 is 28.5 Å². The molecule has 0 aliphatic carbocycles. The zero-order valence-electron chi connectivity index (χ0n) is 18.0. The summed E-state index contributed by atoms with van der Waals surface area (Å²) in [7, 11) is 1.23. The van der Waals surface area contributed by atoms with Crippen LogP contribution in [0.2, 0.25) is 0 Å². The maximum atomic E-state index is 12.1. The van der Waals surface area contributed by atoms with E-state index in [1.807, 2.05) is 0 Å². The largest absolute Gasteiger partial charge is 0.468 e. The molecule has 0 spiro atoms. The standard InChI is InChI=1S/C22H24N4O6/c1-22(2,29)8-9-25-13-16-10-19(26(30)31)17(11-18(16)24-25)14-4-6-15(7-5-14)21(28)23-12-20(27)32-3/h4-7,10-11,13,29H,8-9,12H2,1-3H3,(H,23,28). The number of amides is 1. The second-order valence-electron chi connectivity index (χ2n) is 7.98. The Labute approximate surface area is 183 Å². The van der Waals surface area contributed by atoms with Crippen LogP contribution >= 0.6 is 0 Å². The Kier molecular flexibility index (Phi) is 6.54. The van der Waals surface area contributed by atoms with E-state index in [2.05, 4.69) is 15.2 Å². The Bertz CT molecular complexity index is 1160. The summed E-state index contributed by atoms with van der Waals surface area (Å²) in [6.45, 7) is 3.63. The predicted molar refractivity (Wildman–Crippen MR) is 117 cm³/mol. The van der Waals surface area contributed by atoms with Gasteiger partial charge < -0.3 is 15.2 Å². The van der Waals surface area contributed by atoms with Gasteiger partial charge in [-0.05, 0) is 44.0 Å². The van der Waals surface area contributed by atoms with E-state index in [9.17, 15) is 24.8 Å². The second kappa shape index (κ2) is 9.15. The summed E-state index contributed by atoms with van der Waals surface area (Å²) in [4.78, 5) is 34.5. The molecule has 0 unspecified atom stereocenters. The van der Waals surface area contributed by atoms with Crippen molar-refractivity contribution in [3.8, 4) is 11.1 Å². The first-order chi connectivity index (χ1) is 15.1. The fourth-order valence-corrected chi connectivity index (χ4v) is 3.12. The molecule has 0 aliphatic heterocycles. The average molecular weight is 440 g/mol. The van der Waals surface area contributed by atoms with Gasteiger partial charge in [-0.1, -0.05) is 12.1 Å². The van der Waals surface area contributed by atoms with Crippen LogP contribution in [0.15, 0.2) is 42.6 Å². The molecule has 1 amide bonds. The van der Waals surface area contributed by atoms with Gasteiger partial charge in [-0.2, -0.15) is 5.10 Å². The number of carbonyl (C=O) groups is 2. The second-order valence-corrected chi connectivity index (χ2v) is 7.98. The fourth-order valence-electron chi connectivity index (χ4n) is 3.12. The lowest BCUT2D eigenvalue weighted by Crippen LogP contribution is -2.30. The molecule has 3 aromatic rings. The molecule has 168 valence electrons. The molecule has 0 aliphatic rings. The van der Waals surface area contributed by atoms with E-state index >= 15 is 0 Å². The number of methoxy groups -OCH3 is 1. The summed E-state index contributed by atoms with van der Waals surface area (Å²) in [5, 5.41) is 29.1. The fraction of sp³-hybridized carbons (Fsp3) is 0.318. The average Bonchev–Trinajstić information content (AvgIpc) is 3.16. The van der Waals surface area contributed by atoms with Crippen LogP contribution in [0, 0.1) is 10.1 Å². The number of fused-ring (bicyclic) bond motifs is 1. The minimum absolute atomic E-state index is 0.0811. The van der Waals surface area contributed by atoms with E-state index in [1.165, 1.54) is 25.3 Å². The van der Waals surface area contributed by atoms with Gasteiger partial charge in [-0.15, -0.1) is 0 Å². The van der Waals surface area contributed by atoms with Crippen LogP contribution in [0.25, 0.3) is 22.0 Å². The number of ether oxygens (including phenoxy) is 1. The van der Waals surface area contributed by atoms with Crippen molar-refractivity contribution in [3.05, 3.63) is 58.3 Å². The zero-order chi connectivity index (χ0) is 23.5. The molecule has 32 heavy (non-hydrogen) atoms. The van der Waals surface area contributed by atoms with E-state index in [4.69, 9.17) is 0 Å². The number of esters is 1. The molecular formula is C22H24N4O6. The number of hydrogen-bond donors (Lipinski definition) is 2. The van der Waals surface area contributed by atoms with Crippen LogP contribution in [0.3, 0.4) is 0 Å². The third-order valence-corrected chi connectivity index (χ3v) is 4.90. The quantitative estimate of drug-likeness (QED) is 0.312. The smallest absolute Gasteiger partial charge is 0.325 e. The Morgan fingerprint density at radius 3 is 2.53 bits per heavy atom. The van der Waals surface area contributed by atoms with Crippen LogP contribution < -0.4 is 5.32 Å². The molecule has 0 saturated carbocycles. The van der Waals surface area contributed by atoms with Crippen molar-refractivity contribution in [2.75, 3.05) is 13.7 Å². The van der Waals surface area contributed by atoms with E-state index in [1.54, 1.807) is 42.9 Å². The highest BCUT2D eigenvalue weighted by Gasteiger charge is 2.20. The minimum Gasteiger partial charge on any atom is -0.468 e. The molecular weight excluding hydrogens is 416 g/mol. The van der Waals surface area contributed by atoms with Gasteiger partial charge in [-0.3, -0.25) is 24.4 Å². The Morgan fingerprint density at radius 1 is 1.25 bits per heavy atom. The highest BCUT2D eigenvalue weighted by Crippen LogP contribution is 2.34. The molecule has 0 fully saturated rings. The van der Waals surface area contributed by atoms with Crippen molar-refractivity contribution in [2.45, 2.75) is 32.4 Å².